The molecule has 8 nitrogen and oxygen atoms in total. The number of halogens is 1. The van der Waals surface area contributed by atoms with Crippen LogP contribution < -0.4 is 4.90 Å². The molecule has 1 aromatic carbocycles. The normalized spacial score (nSPS) is 27.7. The van der Waals surface area contributed by atoms with Crippen LogP contribution in [0.5, 0.6) is 0 Å². The van der Waals surface area contributed by atoms with Crippen LogP contribution in [0, 0.1) is 11.8 Å². The van der Waals surface area contributed by atoms with Crippen LogP contribution in [-0.4, -0.2) is 82.7 Å². The smallest absolute Gasteiger partial charge is 0.253 e. The number of likely N-dealkylation sites (tertiary alicyclic amines) is 1. The van der Waals surface area contributed by atoms with Gasteiger partial charge in [-0.05, 0) is 50.7 Å². The first-order chi connectivity index (χ1) is 20.3. The second kappa shape index (κ2) is 13.7. The highest BCUT2D eigenvalue weighted by Gasteiger charge is 2.79. The fourth-order valence-corrected chi connectivity index (χ4v) is 7.77. The van der Waals surface area contributed by atoms with Crippen LogP contribution in [0.4, 0.5) is 5.69 Å². The first-order valence-electron chi connectivity index (χ1n) is 15.4. The number of amides is 3. The Balaban J connectivity index is 1.79. The maximum Gasteiger partial charge on any atom is 0.253 e. The zero-order valence-corrected chi connectivity index (χ0v) is 25.9. The number of anilines is 1. The van der Waals surface area contributed by atoms with Gasteiger partial charge in [0.05, 0.1) is 28.1 Å². The Morgan fingerprint density at radius 2 is 1.81 bits per heavy atom. The minimum atomic E-state index is -1.11. The Kier molecular flexibility index (Phi) is 10.5. The average Bonchev–Trinajstić information content (AvgIpc) is 3.59. The maximum atomic E-state index is 14.7. The van der Waals surface area contributed by atoms with E-state index in [1.54, 1.807) is 39.0 Å². The summed E-state index contributed by atoms with van der Waals surface area (Å²) in [7, 11) is 0. The van der Waals surface area contributed by atoms with E-state index < -0.39 is 29.1 Å². The summed E-state index contributed by atoms with van der Waals surface area (Å²) in [6, 6.07) is 6.27. The highest BCUT2D eigenvalue weighted by molar-refractivity contribution is 6.34. The number of ether oxygens (including phenoxy) is 1. The Morgan fingerprint density at radius 1 is 1.10 bits per heavy atom. The lowest BCUT2D eigenvalue weighted by molar-refractivity contribution is -0.151. The number of aliphatic hydroxyl groups is 1. The number of hydrogen-bond donors (Lipinski definition) is 1. The van der Waals surface area contributed by atoms with E-state index in [0.717, 1.165) is 19.3 Å². The minimum absolute atomic E-state index is 0.0939. The van der Waals surface area contributed by atoms with Gasteiger partial charge in [0.2, 0.25) is 11.8 Å². The largest absolute Gasteiger partial charge is 0.396 e. The van der Waals surface area contributed by atoms with Gasteiger partial charge in [-0.2, -0.15) is 0 Å². The first-order valence-corrected chi connectivity index (χ1v) is 15.8. The molecule has 4 rings (SSSR count). The molecule has 1 aromatic rings. The molecule has 0 radical (unpaired) electrons. The molecule has 0 saturated carbocycles. The molecule has 9 heteroatoms. The molecule has 42 heavy (non-hydrogen) atoms. The van der Waals surface area contributed by atoms with E-state index in [2.05, 4.69) is 13.2 Å². The van der Waals surface area contributed by atoms with Crippen molar-refractivity contribution < 1.29 is 24.2 Å². The van der Waals surface area contributed by atoms with Gasteiger partial charge < -0.3 is 24.5 Å². The molecule has 2 unspecified atom stereocenters. The molecule has 1 spiro atoms. The molecule has 3 heterocycles. The molecule has 3 saturated heterocycles. The number of nitrogens with zero attached hydrogens (tertiary/aromatic N) is 3. The number of unbranched alkanes of at least 4 members (excludes halogenated alkanes) is 3. The summed E-state index contributed by atoms with van der Waals surface area (Å²) in [5.74, 6) is -1.96. The zero-order chi connectivity index (χ0) is 30.5. The van der Waals surface area contributed by atoms with Crippen molar-refractivity contribution in [3.8, 4) is 0 Å². The van der Waals surface area contributed by atoms with E-state index >= 15 is 0 Å². The third kappa shape index (κ3) is 5.53. The van der Waals surface area contributed by atoms with Crippen LogP contribution in [-0.2, 0) is 19.1 Å². The molecule has 0 aliphatic carbocycles. The van der Waals surface area contributed by atoms with E-state index in [9.17, 15) is 19.5 Å². The number of fused-ring (bicyclic) bond motifs is 1. The summed E-state index contributed by atoms with van der Waals surface area (Å²) >= 11 is 6.58. The molecule has 3 aliphatic rings. The number of carbonyl (C=O) groups is 3. The molecule has 5 atom stereocenters. The first kappa shape index (κ1) is 32.2. The maximum absolute atomic E-state index is 14.7. The second-order valence-electron chi connectivity index (χ2n) is 11.8. The molecule has 230 valence electrons. The second-order valence-corrected chi connectivity index (χ2v) is 12.2. The lowest BCUT2D eigenvalue weighted by Gasteiger charge is -2.37. The molecule has 3 amide bonds. The van der Waals surface area contributed by atoms with Crippen molar-refractivity contribution in [2.75, 3.05) is 37.7 Å². The van der Waals surface area contributed by atoms with Gasteiger partial charge in [0.25, 0.3) is 5.91 Å². The van der Waals surface area contributed by atoms with Crippen molar-refractivity contribution >= 4 is 35.0 Å². The SMILES string of the molecule is C=CCN(CCC)C(=O)[C@@H]1[C@H]2C(=O)N(CCCCCCO)C(C(=O)N(CC=C)c3ccccc3Cl)C23CC[C@@]1(CC)O3. The summed E-state index contributed by atoms with van der Waals surface area (Å²) in [4.78, 5) is 48.5. The highest BCUT2D eigenvalue weighted by atomic mass is 35.5. The van der Waals surface area contributed by atoms with Gasteiger partial charge in [0.1, 0.15) is 11.6 Å². The summed E-state index contributed by atoms with van der Waals surface area (Å²) in [5.41, 5.74) is -1.36. The van der Waals surface area contributed by atoms with Gasteiger partial charge in [-0.1, -0.05) is 62.6 Å². The Hall–Kier alpha value is -2.68. The van der Waals surface area contributed by atoms with Crippen LogP contribution in [0.15, 0.2) is 49.6 Å². The van der Waals surface area contributed by atoms with Crippen molar-refractivity contribution in [1.29, 1.82) is 0 Å². The zero-order valence-electron chi connectivity index (χ0n) is 25.1. The van der Waals surface area contributed by atoms with Crippen molar-refractivity contribution in [1.82, 2.24) is 9.80 Å². The summed E-state index contributed by atoms with van der Waals surface area (Å²) in [6.45, 7) is 13.4. The predicted octanol–water partition coefficient (Wildman–Crippen LogP) is 4.99. The van der Waals surface area contributed by atoms with Crippen LogP contribution in [0.2, 0.25) is 5.02 Å². The monoisotopic (exact) mass is 599 g/mol. The number of hydrogen-bond acceptors (Lipinski definition) is 5. The van der Waals surface area contributed by atoms with Crippen molar-refractivity contribution in [2.24, 2.45) is 11.8 Å². The van der Waals surface area contributed by atoms with Crippen molar-refractivity contribution in [2.45, 2.75) is 82.5 Å². The minimum Gasteiger partial charge on any atom is -0.396 e. The van der Waals surface area contributed by atoms with Gasteiger partial charge in [-0.15, -0.1) is 13.2 Å². The molecule has 3 aliphatic heterocycles. The summed E-state index contributed by atoms with van der Waals surface area (Å²) in [6.07, 6.45) is 8.88. The predicted molar refractivity (Wildman–Crippen MR) is 165 cm³/mol. The van der Waals surface area contributed by atoms with Gasteiger partial charge in [0, 0.05) is 32.8 Å². The quantitative estimate of drug-likeness (QED) is 0.214. The van der Waals surface area contributed by atoms with E-state index in [-0.39, 0.29) is 30.9 Å². The fourth-order valence-electron chi connectivity index (χ4n) is 7.53. The lowest BCUT2D eigenvalue weighted by atomic mass is 9.64. The van der Waals surface area contributed by atoms with Crippen LogP contribution in [0.3, 0.4) is 0 Å². The third-order valence-electron chi connectivity index (χ3n) is 9.36. The topological polar surface area (TPSA) is 90.4 Å². The van der Waals surface area contributed by atoms with Gasteiger partial charge in [0.15, 0.2) is 0 Å². The van der Waals surface area contributed by atoms with E-state index in [1.807, 2.05) is 26.0 Å². The van der Waals surface area contributed by atoms with E-state index in [1.165, 1.54) is 0 Å². The Morgan fingerprint density at radius 3 is 2.45 bits per heavy atom. The molecule has 0 aromatic heterocycles. The Labute approximate surface area is 255 Å². The molecular weight excluding hydrogens is 554 g/mol. The number of aliphatic hydroxyl groups excluding tert-OH is 1. The fraction of sp³-hybridized carbons (Fsp3) is 0.606. The van der Waals surface area contributed by atoms with Crippen molar-refractivity contribution in [3.05, 3.63) is 54.6 Å². The van der Waals surface area contributed by atoms with Crippen LogP contribution in [0.1, 0.15) is 65.2 Å². The number of benzene rings is 1. The lowest BCUT2D eigenvalue weighted by Crippen LogP contribution is -2.56. The third-order valence-corrected chi connectivity index (χ3v) is 9.68. The van der Waals surface area contributed by atoms with Crippen LogP contribution in [0.25, 0.3) is 0 Å². The number of para-hydroxylation sites is 1. The summed E-state index contributed by atoms with van der Waals surface area (Å²) in [5, 5.41) is 9.64. The van der Waals surface area contributed by atoms with Gasteiger partial charge >= 0.3 is 0 Å². The summed E-state index contributed by atoms with van der Waals surface area (Å²) < 4.78 is 6.96. The molecule has 3 fully saturated rings. The van der Waals surface area contributed by atoms with Gasteiger partial charge in [-0.3, -0.25) is 14.4 Å². The number of carbonyl (C=O) groups excluding carboxylic acids is 3. The van der Waals surface area contributed by atoms with E-state index in [0.29, 0.717) is 62.4 Å². The molecule has 1 N–H and O–H groups in total. The van der Waals surface area contributed by atoms with Crippen molar-refractivity contribution in [3.63, 3.8) is 0 Å². The number of rotatable bonds is 16. The van der Waals surface area contributed by atoms with Crippen LogP contribution >= 0.6 is 11.6 Å². The van der Waals surface area contributed by atoms with E-state index in [4.69, 9.17) is 16.3 Å². The average molecular weight is 600 g/mol. The van der Waals surface area contributed by atoms with Gasteiger partial charge in [-0.25, -0.2) is 0 Å². The Bertz CT molecular complexity index is 1180. The molecular formula is C33H46ClN3O5. The highest BCUT2D eigenvalue weighted by Crippen LogP contribution is 2.64. The standard InChI is InChI=1S/C33H46ClN3O5/c1-5-19-35(20-6-2)29(39)26-27-30(40)37(22-13-9-10-14-23-38)28(33(27)18-17-32(26,8-4)42-33)31(41)36(21-7-3)25-16-12-11-15-24(25)34/h5,7,11-12,15-16,26-28,38H,1,3,6,8-10,13-14,17-23H2,2,4H3/t26-,27-,28?,32+,33?/m0/s1. The molecule has 2 bridgehead atoms.